The Hall–Kier alpha value is -1.94. The average molecular weight is 708 g/mol. The van der Waals surface area contributed by atoms with Crippen LogP contribution in [0.4, 0.5) is 5.69 Å². The van der Waals surface area contributed by atoms with Gasteiger partial charge in [0.15, 0.2) is 6.20 Å². The summed E-state index contributed by atoms with van der Waals surface area (Å²) in [6.07, 6.45) is 17.8. The van der Waals surface area contributed by atoms with Crippen molar-refractivity contribution in [1.82, 2.24) is 0 Å². The Bertz CT molecular complexity index is 1660. The van der Waals surface area contributed by atoms with Crippen molar-refractivity contribution in [2.24, 2.45) is 0 Å². The molecule has 3 aromatic rings. The fourth-order valence-corrected chi connectivity index (χ4v) is 8.64. The minimum Gasteiger partial charge on any atom is -0.335 e. The van der Waals surface area contributed by atoms with Gasteiger partial charge in [-0.05, 0) is 68.5 Å². The van der Waals surface area contributed by atoms with E-state index in [4.69, 9.17) is 5.26 Å². The van der Waals surface area contributed by atoms with Crippen molar-refractivity contribution in [2.75, 3.05) is 35.5 Å². The highest BCUT2D eigenvalue weighted by Gasteiger charge is 2.26. The van der Waals surface area contributed by atoms with Crippen LogP contribution in [0.25, 0.3) is 17.0 Å². The van der Waals surface area contributed by atoms with Gasteiger partial charge in [0.2, 0.25) is 5.52 Å². The van der Waals surface area contributed by atoms with E-state index in [9.17, 15) is 13.0 Å². The van der Waals surface area contributed by atoms with Gasteiger partial charge in [0.25, 0.3) is 10.1 Å². The van der Waals surface area contributed by atoms with Gasteiger partial charge in [-0.3, -0.25) is 4.55 Å². The standard InChI is InChI=1S/C32H38N2O6S5/c1-24(12-14-25-16-19-33(17-6-8-20-43-40-39-35)27-11-5-4-10-26(25)27)13-15-32-34(18-7-9-21-45(36,37)38)28-22-30(41-2)31(42-3)23-29(28)44-32/h4-5,10-16,19,22-23H,6-9,17-18,20-21H2,1-3H3,(H-,35,36,37,38)/p+1. The van der Waals surface area contributed by atoms with Crippen LogP contribution in [-0.4, -0.2) is 48.8 Å². The van der Waals surface area contributed by atoms with E-state index in [1.807, 2.05) is 0 Å². The fraction of sp³-hybridized carbons (Fsp3) is 0.344. The number of para-hydroxylation sites is 1. The Morgan fingerprint density at radius 1 is 1.07 bits per heavy atom. The number of pyridine rings is 1. The van der Waals surface area contributed by atoms with Crippen LogP contribution in [0, 0.1) is 0 Å². The molecule has 1 aliphatic heterocycles. The van der Waals surface area contributed by atoms with Gasteiger partial charge in [-0.25, -0.2) is 5.26 Å². The van der Waals surface area contributed by atoms with Crippen LogP contribution in [-0.2, 0) is 26.0 Å². The first kappa shape index (κ1) is 35.9. The molecule has 0 atom stereocenters. The van der Waals surface area contributed by atoms with Crippen LogP contribution >= 0.6 is 47.3 Å². The monoisotopic (exact) mass is 707 g/mol. The number of anilines is 1. The molecular formula is C32H39N2O6S5+. The second-order valence-electron chi connectivity index (χ2n) is 10.3. The molecular weight excluding hydrogens is 669 g/mol. The lowest BCUT2D eigenvalue weighted by Gasteiger charge is -2.21. The van der Waals surface area contributed by atoms with Gasteiger partial charge < -0.3 is 4.90 Å². The highest BCUT2D eigenvalue weighted by Crippen LogP contribution is 2.49. The predicted octanol–water partition coefficient (Wildman–Crippen LogP) is 8.50. The van der Waals surface area contributed by atoms with Crippen LogP contribution in [0.3, 0.4) is 0 Å². The van der Waals surface area contributed by atoms with Gasteiger partial charge in [-0.1, -0.05) is 52.7 Å². The molecule has 2 N–H and O–H groups in total. The summed E-state index contributed by atoms with van der Waals surface area (Å²) in [5.74, 6) is 0.505. The molecule has 0 bridgehead atoms. The van der Waals surface area contributed by atoms with Crippen molar-refractivity contribution in [2.45, 2.75) is 53.8 Å². The summed E-state index contributed by atoms with van der Waals surface area (Å²) >= 11 is 6.28. The molecule has 4 rings (SSSR count). The van der Waals surface area contributed by atoms with E-state index in [1.54, 1.807) is 35.3 Å². The highest BCUT2D eigenvalue weighted by molar-refractivity contribution is 8.04. The van der Waals surface area contributed by atoms with Crippen LogP contribution in [0.15, 0.2) is 92.2 Å². The Morgan fingerprint density at radius 3 is 2.60 bits per heavy atom. The minimum absolute atomic E-state index is 0.227. The van der Waals surface area contributed by atoms with E-state index in [0.29, 0.717) is 19.4 Å². The molecule has 1 aromatic heterocycles. The minimum atomic E-state index is -3.97. The SMILES string of the molecule is CSc1cc2c(cc1SC)N(CCCCS(=O)(=O)O)C(=CC=C(C)C=Cc1cc[n+](CCCCSOOO)c3ccccc13)S2. The number of allylic oxidation sites excluding steroid dienone is 4. The molecule has 45 heavy (non-hydrogen) atoms. The Balaban J connectivity index is 1.51. The molecule has 0 radical (unpaired) electrons. The first-order valence-electron chi connectivity index (χ1n) is 14.5. The normalized spacial score (nSPS) is 14.7. The number of rotatable bonds is 17. The van der Waals surface area contributed by atoms with Crippen molar-refractivity contribution in [3.63, 3.8) is 0 Å². The zero-order valence-electron chi connectivity index (χ0n) is 25.5. The zero-order valence-corrected chi connectivity index (χ0v) is 29.6. The van der Waals surface area contributed by atoms with E-state index >= 15 is 0 Å². The largest absolute Gasteiger partial charge is 0.335 e. The number of unbranched alkanes of at least 4 members (excludes halogenated alkanes) is 2. The molecule has 0 spiro atoms. The van der Waals surface area contributed by atoms with Crippen molar-refractivity contribution in [1.29, 1.82) is 0 Å². The average Bonchev–Trinajstić information content (AvgIpc) is 3.37. The summed E-state index contributed by atoms with van der Waals surface area (Å²) < 4.78 is 38.4. The molecule has 0 fully saturated rings. The molecule has 0 unspecified atom stereocenters. The lowest BCUT2D eigenvalue weighted by Crippen LogP contribution is -2.34. The number of nitrogens with zero attached hydrogens (tertiary/aromatic N) is 2. The van der Waals surface area contributed by atoms with Gasteiger partial charge in [-0.2, -0.15) is 13.0 Å². The summed E-state index contributed by atoms with van der Waals surface area (Å²) in [7, 11) is -3.97. The number of benzene rings is 2. The molecule has 2 heterocycles. The predicted molar refractivity (Wildman–Crippen MR) is 190 cm³/mol. The van der Waals surface area contributed by atoms with Crippen LogP contribution in [0.2, 0.25) is 0 Å². The van der Waals surface area contributed by atoms with Gasteiger partial charge >= 0.3 is 0 Å². The molecule has 0 amide bonds. The third-order valence-electron chi connectivity index (χ3n) is 7.20. The second-order valence-corrected chi connectivity index (χ2v) is 15.4. The van der Waals surface area contributed by atoms with E-state index in [2.05, 4.69) is 111 Å². The molecule has 242 valence electrons. The van der Waals surface area contributed by atoms with Crippen LogP contribution in [0.1, 0.15) is 38.2 Å². The zero-order chi connectivity index (χ0) is 32.2. The van der Waals surface area contributed by atoms with E-state index in [1.165, 1.54) is 25.6 Å². The summed E-state index contributed by atoms with van der Waals surface area (Å²) in [5.41, 5.74) is 4.55. The second kappa shape index (κ2) is 17.8. The number of hydrogen-bond donors (Lipinski definition) is 2. The first-order valence-corrected chi connectivity index (χ1v) is 20.3. The maximum atomic E-state index is 11.2. The van der Waals surface area contributed by atoms with E-state index in [0.717, 1.165) is 59.0 Å². The molecule has 8 nitrogen and oxygen atoms in total. The fourth-order valence-electron chi connectivity index (χ4n) is 4.96. The smallest absolute Gasteiger partial charge is 0.264 e. The third-order valence-corrected chi connectivity index (χ3v) is 11.4. The number of thioether (sulfide) groups is 3. The number of aryl methyl sites for hydroxylation is 1. The number of aromatic nitrogens is 1. The number of fused-ring (bicyclic) bond motifs is 2. The maximum Gasteiger partial charge on any atom is 0.264 e. The Labute approximate surface area is 283 Å². The molecule has 1 aliphatic rings. The topological polar surface area (TPSA) is 100 Å². The summed E-state index contributed by atoms with van der Waals surface area (Å²) in [6.45, 7) is 3.63. The lowest BCUT2D eigenvalue weighted by molar-refractivity contribution is -0.671. The number of hydrogen-bond acceptors (Lipinski definition) is 10. The van der Waals surface area contributed by atoms with Crippen molar-refractivity contribution >= 4 is 80.1 Å². The van der Waals surface area contributed by atoms with E-state index < -0.39 is 10.1 Å². The highest BCUT2D eigenvalue weighted by atomic mass is 32.2. The van der Waals surface area contributed by atoms with Crippen molar-refractivity contribution in [3.05, 3.63) is 83.1 Å². The summed E-state index contributed by atoms with van der Waals surface area (Å²) in [4.78, 5) is 5.92. The van der Waals surface area contributed by atoms with Gasteiger partial charge in [0.05, 0.1) is 21.9 Å². The van der Waals surface area contributed by atoms with Crippen molar-refractivity contribution < 1.29 is 32.2 Å². The summed E-state index contributed by atoms with van der Waals surface area (Å²) in [5, 5.41) is 14.2. The summed E-state index contributed by atoms with van der Waals surface area (Å²) in [6, 6.07) is 15.0. The Kier molecular flexibility index (Phi) is 14.2. The molecule has 0 saturated heterocycles. The Morgan fingerprint density at radius 2 is 1.84 bits per heavy atom. The van der Waals surface area contributed by atoms with E-state index in [-0.39, 0.29) is 5.75 Å². The van der Waals surface area contributed by atoms with Crippen LogP contribution < -0.4 is 9.47 Å². The van der Waals surface area contributed by atoms with Gasteiger partial charge in [0.1, 0.15) is 6.54 Å². The van der Waals surface area contributed by atoms with Gasteiger partial charge in [0, 0.05) is 57.6 Å². The third kappa shape index (κ3) is 10.5. The quantitative estimate of drug-likeness (QED) is 0.0207. The maximum absolute atomic E-state index is 11.2. The molecule has 0 aliphatic carbocycles. The molecule has 2 aromatic carbocycles. The van der Waals surface area contributed by atoms with Crippen LogP contribution in [0.5, 0.6) is 0 Å². The molecule has 0 saturated carbocycles. The van der Waals surface area contributed by atoms with Gasteiger partial charge in [-0.15, -0.1) is 27.9 Å². The molecule has 13 heteroatoms. The first-order chi connectivity index (χ1) is 21.7. The van der Waals surface area contributed by atoms with Crippen molar-refractivity contribution in [3.8, 4) is 0 Å². The lowest BCUT2D eigenvalue weighted by atomic mass is 10.1.